The zero-order valence-corrected chi connectivity index (χ0v) is 18.8. The number of halogens is 1. The fraction of sp³-hybridized carbons (Fsp3) is 0.409. The third kappa shape index (κ3) is 4.22. The zero-order chi connectivity index (χ0) is 23.8. The van der Waals surface area contributed by atoms with Crippen LogP contribution in [0, 0.1) is 5.82 Å². The van der Waals surface area contributed by atoms with Gasteiger partial charge >= 0.3 is 0 Å². The molecule has 0 fully saturated rings. The van der Waals surface area contributed by atoms with Crippen LogP contribution in [-0.2, 0) is 23.1 Å². The number of tetrazole rings is 1. The van der Waals surface area contributed by atoms with Crippen LogP contribution in [0.15, 0.2) is 42.5 Å². The number of rotatable bonds is 7. The lowest BCUT2D eigenvalue weighted by Crippen LogP contribution is -2.62. The van der Waals surface area contributed by atoms with Gasteiger partial charge in [0, 0.05) is 31.2 Å². The summed E-state index contributed by atoms with van der Waals surface area (Å²) in [5, 5.41) is 24.0. The van der Waals surface area contributed by atoms with Crippen LogP contribution < -0.4 is 15.4 Å². The first-order valence-corrected chi connectivity index (χ1v) is 10.3. The molecule has 33 heavy (non-hydrogen) atoms. The third-order valence-electron chi connectivity index (χ3n) is 5.82. The first kappa shape index (κ1) is 22.9. The molecule has 10 nitrogen and oxygen atoms in total. The SMILES string of the molecule is COC(OC)C1(C)Oc2ccc(N)cc2C(N(Cc2nnn(C)n2)c2ccc(F)cc2)C1O. The van der Waals surface area contributed by atoms with Gasteiger partial charge in [-0.15, -0.1) is 10.2 Å². The van der Waals surface area contributed by atoms with E-state index < -0.39 is 24.0 Å². The summed E-state index contributed by atoms with van der Waals surface area (Å²) < 4.78 is 30.9. The van der Waals surface area contributed by atoms with Crippen LogP contribution in [0.3, 0.4) is 0 Å². The van der Waals surface area contributed by atoms with Gasteiger partial charge < -0.3 is 30.0 Å². The first-order chi connectivity index (χ1) is 15.8. The van der Waals surface area contributed by atoms with Gasteiger partial charge in [0.05, 0.1) is 19.6 Å². The number of aliphatic hydroxyl groups is 1. The Balaban J connectivity index is 1.89. The fourth-order valence-electron chi connectivity index (χ4n) is 4.28. The molecule has 0 bridgehead atoms. The number of nitrogens with zero attached hydrogens (tertiary/aromatic N) is 5. The summed E-state index contributed by atoms with van der Waals surface area (Å²) in [5.41, 5.74) is 6.60. The molecule has 0 saturated heterocycles. The van der Waals surface area contributed by atoms with E-state index in [1.165, 1.54) is 31.1 Å². The maximum absolute atomic E-state index is 13.7. The molecular weight excluding hydrogens is 431 g/mol. The first-order valence-electron chi connectivity index (χ1n) is 10.3. The summed E-state index contributed by atoms with van der Waals surface area (Å²) in [7, 11) is 4.62. The maximum Gasteiger partial charge on any atom is 0.199 e. The molecule has 1 aliphatic rings. The molecule has 11 heteroatoms. The second kappa shape index (κ2) is 8.93. The number of aryl methyl sites for hydroxylation is 1. The highest BCUT2D eigenvalue weighted by molar-refractivity contribution is 5.57. The summed E-state index contributed by atoms with van der Waals surface area (Å²) in [6.07, 6.45) is -2.04. The molecule has 4 rings (SSSR count). The molecule has 3 unspecified atom stereocenters. The van der Waals surface area contributed by atoms with Crippen molar-refractivity contribution in [3.05, 3.63) is 59.7 Å². The van der Waals surface area contributed by atoms with Crippen molar-refractivity contribution in [3.63, 3.8) is 0 Å². The molecule has 1 aliphatic heterocycles. The molecule has 3 aromatic rings. The number of nitrogen functional groups attached to an aromatic ring is 1. The number of benzene rings is 2. The number of anilines is 2. The Morgan fingerprint density at radius 1 is 1.24 bits per heavy atom. The normalized spacial score (nSPS) is 22.2. The van der Waals surface area contributed by atoms with E-state index in [2.05, 4.69) is 15.4 Å². The monoisotopic (exact) mass is 458 g/mol. The Kier molecular flexibility index (Phi) is 6.19. The van der Waals surface area contributed by atoms with Gasteiger partial charge in [0.1, 0.15) is 17.7 Å². The van der Waals surface area contributed by atoms with Gasteiger partial charge in [0.15, 0.2) is 17.7 Å². The van der Waals surface area contributed by atoms with Crippen LogP contribution in [-0.4, -0.2) is 57.5 Å². The average molecular weight is 458 g/mol. The highest BCUT2D eigenvalue weighted by Crippen LogP contribution is 2.47. The molecule has 2 heterocycles. The molecular formula is C22H27FN6O4. The molecule has 1 aromatic heterocycles. The Hall–Kier alpha value is -3.28. The quantitative estimate of drug-likeness (QED) is 0.403. The van der Waals surface area contributed by atoms with Crippen molar-refractivity contribution in [1.82, 2.24) is 20.2 Å². The average Bonchev–Trinajstić information content (AvgIpc) is 3.20. The van der Waals surface area contributed by atoms with Gasteiger partial charge in [0.2, 0.25) is 0 Å². The lowest BCUT2D eigenvalue weighted by atomic mass is 9.83. The van der Waals surface area contributed by atoms with Crippen molar-refractivity contribution < 1.29 is 23.7 Å². The molecule has 0 spiro atoms. The molecule has 3 atom stereocenters. The summed E-state index contributed by atoms with van der Waals surface area (Å²) >= 11 is 0. The third-order valence-corrected chi connectivity index (χ3v) is 5.82. The predicted octanol–water partition coefficient (Wildman–Crippen LogP) is 1.81. The van der Waals surface area contributed by atoms with Crippen LogP contribution in [0.2, 0.25) is 0 Å². The van der Waals surface area contributed by atoms with E-state index in [1.54, 1.807) is 44.3 Å². The van der Waals surface area contributed by atoms with E-state index in [4.69, 9.17) is 19.9 Å². The van der Waals surface area contributed by atoms with Crippen molar-refractivity contribution >= 4 is 11.4 Å². The summed E-state index contributed by atoms with van der Waals surface area (Å²) in [6, 6.07) is 10.5. The number of hydrogen-bond donors (Lipinski definition) is 2. The number of methoxy groups -OCH3 is 2. The molecule has 0 saturated carbocycles. The summed E-state index contributed by atoms with van der Waals surface area (Å²) in [5.74, 6) is 0.556. The number of ether oxygens (including phenoxy) is 3. The molecule has 0 amide bonds. The van der Waals surface area contributed by atoms with Crippen molar-refractivity contribution in [1.29, 1.82) is 0 Å². The molecule has 0 aliphatic carbocycles. The molecule has 0 radical (unpaired) electrons. The summed E-state index contributed by atoms with van der Waals surface area (Å²) in [4.78, 5) is 3.21. The van der Waals surface area contributed by atoms with Gasteiger partial charge in [-0.05, 0) is 54.6 Å². The van der Waals surface area contributed by atoms with E-state index in [0.29, 0.717) is 28.5 Å². The van der Waals surface area contributed by atoms with E-state index in [-0.39, 0.29) is 12.4 Å². The topological polar surface area (TPSA) is 121 Å². The van der Waals surface area contributed by atoms with Crippen molar-refractivity contribution in [2.75, 3.05) is 24.9 Å². The number of nitrogens with two attached hydrogens (primary N) is 1. The van der Waals surface area contributed by atoms with Gasteiger partial charge in [-0.25, -0.2) is 4.39 Å². The minimum Gasteiger partial charge on any atom is -0.479 e. The van der Waals surface area contributed by atoms with Gasteiger partial charge in [-0.3, -0.25) is 0 Å². The van der Waals surface area contributed by atoms with Gasteiger partial charge in [-0.1, -0.05) is 0 Å². The van der Waals surface area contributed by atoms with Crippen LogP contribution >= 0.6 is 0 Å². The Bertz CT molecular complexity index is 1110. The number of aromatic nitrogens is 4. The van der Waals surface area contributed by atoms with Crippen LogP contribution in [0.1, 0.15) is 24.4 Å². The van der Waals surface area contributed by atoms with Crippen LogP contribution in [0.25, 0.3) is 0 Å². The van der Waals surface area contributed by atoms with E-state index >= 15 is 0 Å². The standard InChI is InChI=1S/C22H27FN6O4/c1-22(21(31-3)32-4)20(30)19(16-11-14(24)7-10-17(16)33-22)29(12-18-25-27-28(2)26-18)15-8-5-13(23)6-9-15/h5-11,19-21,30H,12,24H2,1-4H3. The van der Waals surface area contributed by atoms with Gasteiger partial charge in [-0.2, -0.15) is 4.80 Å². The highest BCUT2D eigenvalue weighted by Gasteiger charge is 2.54. The Morgan fingerprint density at radius 3 is 2.55 bits per heavy atom. The largest absolute Gasteiger partial charge is 0.479 e. The van der Waals surface area contributed by atoms with E-state index in [0.717, 1.165) is 0 Å². The van der Waals surface area contributed by atoms with Crippen LogP contribution in [0.4, 0.5) is 15.8 Å². The van der Waals surface area contributed by atoms with Crippen molar-refractivity contribution in [2.45, 2.75) is 37.5 Å². The maximum atomic E-state index is 13.7. The molecule has 3 N–H and O–H groups in total. The number of fused-ring (bicyclic) bond motifs is 1. The Morgan fingerprint density at radius 2 is 1.94 bits per heavy atom. The molecule has 2 aromatic carbocycles. The van der Waals surface area contributed by atoms with Crippen molar-refractivity contribution in [2.24, 2.45) is 7.05 Å². The van der Waals surface area contributed by atoms with E-state index in [9.17, 15) is 9.50 Å². The van der Waals surface area contributed by atoms with Crippen molar-refractivity contribution in [3.8, 4) is 5.75 Å². The lowest BCUT2D eigenvalue weighted by molar-refractivity contribution is -0.237. The Labute approximate surface area is 190 Å². The minimum atomic E-state index is -1.29. The van der Waals surface area contributed by atoms with E-state index in [1.807, 2.05) is 4.90 Å². The van der Waals surface area contributed by atoms with Gasteiger partial charge in [0.25, 0.3) is 0 Å². The lowest BCUT2D eigenvalue weighted by Gasteiger charge is -2.49. The predicted molar refractivity (Wildman–Crippen MR) is 118 cm³/mol. The number of hydrogen-bond acceptors (Lipinski definition) is 9. The number of aliphatic hydroxyl groups excluding tert-OH is 1. The second-order valence-electron chi connectivity index (χ2n) is 8.08. The molecule has 176 valence electrons. The fourth-order valence-corrected chi connectivity index (χ4v) is 4.28. The minimum absolute atomic E-state index is 0.177. The second-order valence-corrected chi connectivity index (χ2v) is 8.08. The highest BCUT2D eigenvalue weighted by atomic mass is 19.1. The summed E-state index contributed by atoms with van der Waals surface area (Å²) in [6.45, 7) is 1.89. The zero-order valence-electron chi connectivity index (χ0n) is 18.8. The van der Waals surface area contributed by atoms with Crippen LogP contribution in [0.5, 0.6) is 5.75 Å². The smallest absolute Gasteiger partial charge is 0.199 e.